The lowest BCUT2D eigenvalue weighted by molar-refractivity contribution is 0.865. The zero-order valence-corrected chi connectivity index (χ0v) is 11.0. The fourth-order valence-corrected chi connectivity index (χ4v) is 2.42. The summed E-state index contributed by atoms with van der Waals surface area (Å²) >= 11 is 7.81. The Morgan fingerprint density at radius 1 is 1.47 bits per heavy atom. The van der Waals surface area contributed by atoms with Crippen LogP contribution < -0.4 is 10.6 Å². The number of thiophene rings is 1. The number of halogens is 1. The highest BCUT2D eigenvalue weighted by Gasteiger charge is 2.11. The largest absolute Gasteiger partial charge is 0.382 e. The molecule has 2 rings (SSSR count). The molecule has 0 spiro atoms. The van der Waals surface area contributed by atoms with E-state index in [0.29, 0.717) is 16.7 Å². The molecule has 2 N–H and O–H groups in total. The van der Waals surface area contributed by atoms with Crippen molar-refractivity contribution in [3.8, 4) is 0 Å². The normalized spacial score (nSPS) is 10.5. The number of nitrogen functional groups attached to an aromatic ring is 1. The lowest BCUT2D eigenvalue weighted by Gasteiger charge is -2.18. The molecular weight excluding hydrogens is 256 g/mol. The van der Waals surface area contributed by atoms with Gasteiger partial charge in [-0.3, -0.25) is 0 Å². The molecule has 0 unspecified atom stereocenters. The second-order valence-electron chi connectivity index (χ2n) is 3.65. The highest BCUT2D eigenvalue weighted by atomic mass is 35.5. The molecule has 2 heterocycles. The minimum absolute atomic E-state index is 0.319. The fraction of sp³-hybridized carbons (Fsp3) is 0.273. The van der Waals surface area contributed by atoms with E-state index >= 15 is 0 Å². The van der Waals surface area contributed by atoms with Gasteiger partial charge in [-0.2, -0.15) is 0 Å². The summed E-state index contributed by atoms with van der Waals surface area (Å²) in [5.74, 6) is 0.996. The van der Waals surface area contributed by atoms with Crippen molar-refractivity contribution >= 4 is 34.6 Å². The van der Waals surface area contributed by atoms with Crippen LogP contribution in [0.5, 0.6) is 0 Å². The molecule has 0 radical (unpaired) electrons. The molecule has 0 aliphatic heterocycles. The second kappa shape index (κ2) is 5.33. The van der Waals surface area contributed by atoms with Gasteiger partial charge < -0.3 is 10.6 Å². The number of nitrogens with zero attached hydrogens (tertiary/aromatic N) is 3. The molecule has 6 heteroatoms. The first-order valence-corrected chi connectivity index (χ1v) is 6.43. The fourth-order valence-electron chi connectivity index (χ4n) is 1.48. The molecule has 17 heavy (non-hydrogen) atoms. The van der Waals surface area contributed by atoms with Gasteiger partial charge in [0.25, 0.3) is 0 Å². The van der Waals surface area contributed by atoms with Crippen molar-refractivity contribution in [2.75, 3.05) is 24.2 Å². The number of hydrogen-bond acceptors (Lipinski definition) is 5. The monoisotopic (exact) mass is 268 g/mol. The minimum Gasteiger partial charge on any atom is -0.382 e. The van der Waals surface area contributed by atoms with Gasteiger partial charge in [-0.25, -0.2) is 9.97 Å². The van der Waals surface area contributed by atoms with Crippen LogP contribution in [0.2, 0.25) is 5.02 Å². The molecule has 0 saturated heterocycles. The second-order valence-corrected chi connectivity index (χ2v) is 5.06. The van der Waals surface area contributed by atoms with E-state index in [-0.39, 0.29) is 0 Å². The predicted octanol–water partition coefficient (Wildman–Crippen LogP) is 2.45. The molecule has 4 nitrogen and oxygen atoms in total. The first-order valence-electron chi connectivity index (χ1n) is 5.18. The molecule has 0 saturated carbocycles. The summed E-state index contributed by atoms with van der Waals surface area (Å²) in [5.41, 5.74) is 5.64. The number of rotatable bonds is 4. The first-order chi connectivity index (χ1) is 8.18. The Morgan fingerprint density at radius 2 is 2.29 bits per heavy atom. The van der Waals surface area contributed by atoms with E-state index in [2.05, 4.69) is 27.5 Å². The Hall–Kier alpha value is -1.33. The van der Waals surface area contributed by atoms with Crippen LogP contribution in [0.1, 0.15) is 4.88 Å². The van der Waals surface area contributed by atoms with Gasteiger partial charge in [0.2, 0.25) is 0 Å². The Bertz CT molecular complexity index is 486. The van der Waals surface area contributed by atoms with Crippen molar-refractivity contribution in [1.29, 1.82) is 0 Å². The number of aromatic nitrogens is 2. The van der Waals surface area contributed by atoms with Crippen LogP contribution >= 0.6 is 22.9 Å². The van der Waals surface area contributed by atoms with Crippen LogP contribution in [0.15, 0.2) is 23.8 Å². The van der Waals surface area contributed by atoms with Crippen LogP contribution in [-0.2, 0) is 6.42 Å². The van der Waals surface area contributed by atoms with Gasteiger partial charge in [0.05, 0.1) is 0 Å². The summed E-state index contributed by atoms with van der Waals surface area (Å²) in [6.45, 7) is 0.844. The van der Waals surface area contributed by atoms with Gasteiger partial charge in [-0.1, -0.05) is 17.7 Å². The van der Waals surface area contributed by atoms with Crippen LogP contribution in [-0.4, -0.2) is 23.6 Å². The maximum Gasteiger partial charge on any atom is 0.152 e. The SMILES string of the molecule is CN(CCc1cccs1)c1ncnc(N)c1Cl. The predicted molar refractivity (Wildman–Crippen MR) is 72.7 cm³/mol. The van der Waals surface area contributed by atoms with E-state index in [0.717, 1.165) is 13.0 Å². The van der Waals surface area contributed by atoms with Crippen molar-refractivity contribution in [2.24, 2.45) is 0 Å². The van der Waals surface area contributed by atoms with E-state index in [1.165, 1.54) is 11.2 Å². The average Bonchev–Trinajstić information content (AvgIpc) is 2.82. The van der Waals surface area contributed by atoms with E-state index in [1.807, 2.05) is 11.9 Å². The molecule has 2 aromatic heterocycles. The van der Waals surface area contributed by atoms with Crippen LogP contribution in [0.3, 0.4) is 0 Å². The van der Waals surface area contributed by atoms with Gasteiger partial charge in [0.15, 0.2) is 5.82 Å². The maximum absolute atomic E-state index is 6.06. The smallest absolute Gasteiger partial charge is 0.152 e. The Morgan fingerprint density at radius 3 is 3.00 bits per heavy atom. The molecule has 0 fully saturated rings. The van der Waals surface area contributed by atoms with Crippen molar-refractivity contribution in [1.82, 2.24) is 9.97 Å². The van der Waals surface area contributed by atoms with Crippen molar-refractivity contribution in [3.05, 3.63) is 33.7 Å². The van der Waals surface area contributed by atoms with Gasteiger partial charge in [0.1, 0.15) is 17.2 Å². The van der Waals surface area contributed by atoms with Crippen molar-refractivity contribution < 1.29 is 0 Å². The number of hydrogen-bond donors (Lipinski definition) is 1. The maximum atomic E-state index is 6.06. The van der Waals surface area contributed by atoms with Crippen molar-refractivity contribution in [3.63, 3.8) is 0 Å². The van der Waals surface area contributed by atoms with Crippen molar-refractivity contribution in [2.45, 2.75) is 6.42 Å². The molecule has 0 aromatic carbocycles. The highest BCUT2D eigenvalue weighted by Crippen LogP contribution is 2.26. The topological polar surface area (TPSA) is 55.0 Å². The van der Waals surface area contributed by atoms with Gasteiger partial charge in [-0.05, 0) is 17.9 Å². The molecular formula is C11H13ClN4S. The number of anilines is 2. The molecule has 0 amide bonds. The molecule has 90 valence electrons. The van der Waals surface area contributed by atoms with Crippen LogP contribution in [0.25, 0.3) is 0 Å². The highest BCUT2D eigenvalue weighted by molar-refractivity contribution is 7.09. The summed E-state index contributed by atoms with van der Waals surface area (Å²) < 4.78 is 0. The first kappa shape index (κ1) is 12.1. The Labute approximate surface area is 109 Å². The van der Waals surface area contributed by atoms with Crippen LogP contribution in [0.4, 0.5) is 11.6 Å². The van der Waals surface area contributed by atoms with Gasteiger partial charge >= 0.3 is 0 Å². The summed E-state index contributed by atoms with van der Waals surface area (Å²) in [6, 6.07) is 4.17. The standard InChI is InChI=1S/C11H13ClN4S/c1-16(5-4-8-3-2-6-17-8)11-9(12)10(13)14-7-15-11/h2-3,6-7H,4-5H2,1H3,(H2,13,14,15). The third kappa shape index (κ3) is 2.87. The van der Waals surface area contributed by atoms with Gasteiger partial charge in [0, 0.05) is 18.5 Å². The lowest BCUT2D eigenvalue weighted by Crippen LogP contribution is -2.22. The van der Waals surface area contributed by atoms with E-state index in [4.69, 9.17) is 17.3 Å². The summed E-state index contributed by atoms with van der Waals surface area (Å²) in [7, 11) is 1.95. The molecule has 0 atom stereocenters. The molecule has 0 aliphatic carbocycles. The number of nitrogens with two attached hydrogens (primary N) is 1. The average molecular weight is 269 g/mol. The quantitative estimate of drug-likeness (QED) is 0.925. The molecule has 0 bridgehead atoms. The van der Waals surface area contributed by atoms with Gasteiger partial charge in [-0.15, -0.1) is 11.3 Å². The minimum atomic E-state index is 0.319. The summed E-state index contributed by atoms with van der Waals surface area (Å²) in [6.07, 6.45) is 2.40. The summed E-state index contributed by atoms with van der Waals surface area (Å²) in [4.78, 5) is 11.3. The Balaban J connectivity index is 2.04. The zero-order chi connectivity index (χ0) is 12.3. The van der Waals surface area contributed by atoms with E-state index in [9.17, 15) is 0 Å². The molecule has 2 aromatic rings. The van der Waals surface area contributed by atoms with E-state index < -0.39 is 0 Å². The third-order valence-electron chi connectivity index (χ3n) is 2.43. The molecule has 0 aliphatic rings. The third-order valence-corrected chi connectivity index (χ3v) is 3.73. The zero-order valence-electron chi connectivity index (χ0n) is 9.43. The lowest BCUT2D eigenvalue weighted by atomic mass is 10.3. The number of likely N-dealkylation sites (N-methyl/N-ethyl adjacent to an activating group) is 1. The Kier molecular flexibility index (Phi) is 3.81. The summed E-state index contributed by atoms with van der Waals surface area (Å²) in [5, 5.41) is 2.49. The van der Waals surface area contributed by atoms with E-state index in [1.54, 1.807) is 11.3 Å². The van der Waals surface area contributed by atoms with Crippen LogP contribution in [0, 0.1) is 0 Å².